The van der Waals surface area contributed by atoms with Crippen LogP contribution in [0.5, 0.6) is 0 Å². The molecule has 0 bridgehead atoms. The first-order chi connectivity index (χ1) is 8.75. The van der Waals surface area contributed by atoms with Crippen LogP contribution in [0.4, 0.5) is 0 Å². The summed E-state index contributed by atoms with van der Waals surface area (Å²) in [6.45, 7) is 1.91. The maximum atomic E-state index is 7.00. The molecule has 2 N–H and O–H groups in total. The average molecular weight is 251 g/mol. The monoisotopic (exact) mass is 251 g/mol. The first-order valence-electron chi connectivity index (χ1n) is 5.55. The van der Waals surface area contributed by atoms with Crippen LogP contribution in [0.25, 0.3) is 0 Å². The number of nitrogens with zero attached hydrogens (tertiary/aromatic N) is 3. The molecule has 0 aliphatic carbocycles. The van der Waals surface area contributed by atoms with Gasteiger partial charge in [0, 0.05) is 27.7 Å². The lowest BCUT2D eigenvalue weighted by Crippen LogP contribution is -2.00. The van der Waals surface area contributed by atoms with Gasteiger partial charge in [0.1, 0.15) is 11.6 Å². The van der Waals surface area contributed by atoms with Gasteiger partial charge in [-0.2, -0.15) is 5.10 Å². The molecule has 0 saturated heterocycles. The third-order valence-electron chi connectivity index (χ3n) is 2.16. The topological polar surface area (TPSA) is 71.2 Å². The predicted octanol–water partition coefficient (Wildman–Crippen LogP) is 0.931. The molecule has 5 heteroatoms. The van der Waals surface area contributed by atoms with Gasteiger partial charge in [-0.05, 0) is 12.5 Å². The van der Waals surface area contributed by atoms with Crippen LogP contribution in [-0.4, -0.2) is 39.2 Å². The summed E-state index contributed by atoms with van der Waals surface area (Å²) in [7, 11) is 3.93. The summed E-state index contributed by atoms with van der Waals surface area (Å²) >= 11 is 0. The molecule has 0 radical (unpaired) electrons. The molecule has 1 aromatic carbocycles. The van der Waals surface area contributed by atoms with E-state index in [1.54, 1.807) is 0 Å². The molecule has 1 heterocycles. The fourth-order valence-electron chi connectivity index (χ4n) is 1.49. The van der Waals surface area contributed by atoms with Crippen molar-refractivity contribution < 1.29 is 10.2 Å². The smallest absolute Gasteiger partial charge is 0.147 e. The maximum absolute atomic E-state index is 7.00. The third kappa shape index (κ3) is 5.07. The van der Waals surface area contributed by atoms with E-state index < -0.39 is 0 Å². The first-order valence-corrected chi connectivity index (χ1v) is 5.55. The first kappa shape index (κ1) is 16.3. The van der Waals surface area contributed by atoms with E-state index in [2.05, 4.69) is 22.2 Å². The Bertz CT molecular complexity index is 427. The van der Waals surface area contributed by atoms with Gasteiger partial charge in [0.2, 0.25) is 0 Å². The van der Waals surface area contributed by atoms with E-state index >= 15 is 0 Å². The molecule has 0 aliphatic heterocycles. The van der Waals surface area contributed by atoms with Gasteiger partial charge < -0.3 is 10.2 Å². The zero-order chi connectivity index (χ0) is 14.0. The summed E-state index contributed by atoms with van der Waals surface area (Å²) in [6, 6.07) is 10.3. The Morgan fingerprint density at radius 2 is 1.61 bits per heavy atom. The molecule has 0 fully saturated rings. The summed E-state index contributed by atoms with van der Waals surface area (Å²) in [5.41, 5.74) is 1.27. The van der Waals surface area contributed by atoms with Crippen molar-refractivity contribution >= 4 is 0 Å². The third-order valence-corrected chi connectivity index (χ3v) is 2.16. The Morgan fingerprint density at radius 1 is 1.06 bits per heavy atom. The summed E-state index contributed by atoms with van der Waals surface area (Å²) in [5, 5.41) is 18.2. The van der Waals surface area contributed by atoms with Crippen molar-refractivity contribution in [1.29, 1.82) is 0 Å². The molecule has 0 amide bonds. The van der Waals surface area contributed by atoms with E-state index in [-0.39, 0.29) is 0 Å². The number of rotatable bonds is 2. The SMILES string of the molecule is CO.CO.Cc1nc(Cc2ccccc2)n(C)n1. The number of hydrogen-bond acceptors (Lipinski definition) is 4. The van der Waals surface area contributed by atoms with E-state index in [1.165, 1.54) is 5.56 Å². The lowest BCUT2D eigenvalue weighted by atomic mass is 10.1. The summed E-state index contributed by atoms with van der Waals surface area (Å²) in [5.74, 6) is 1.84. The molecule has 18 heavy (non-hydrogen) atoms. The van der Waals surface area contributed by atoms with Gasteiger partial charge in [0.25, 0.3) is 0 Å². The molecule has 2 aromatic rings. The molecule has 2 rings (SSSR count). The molecular formula is C13H21N3O2. The Hall–Kier alpha value is -1.72. The lowest BCUT2D eigenvalue weighted by molar-refractivity contribution is 0.399. The van der Waals surface area contributed by atoms with Gasteiger partial charge in [0.15, 0.2) is 0 Å². The Kier molecular flexibility index (Phi) is 8.43. The zero-order valence-electron chi connectivity index (χ0n) is 11.3. The van der Waals surface area contributed by atoms with Crippen LogP contribution in [0, 0.1) is 6.92 Å². The van der Waals surface area contributed by atoms with Crippen LogP contribution < -0.4 is 0 Å². The van der Waals surface area contributed by atoms with Crippen molar-refractivity contribution in [1.82, 2.24) is 14.8 Å². The van der Waals surface area contributed by atoms with Crippen LogP contribution in [0.1, 0.15) is 17.2 Å². The summed E-state index contributed by atoms with van der Waals surface area (Å²) in [4.78, 5) is 4.36. The molecule has 1 aromatic heterocycles. The van der Waals surface area contributed by atoms with E-state index in [9.17, 15) is 0 Å². The van der Waals surface area contributed by atoms with Crippen LogP contribution in [0.15, 0.2) is 30.3 Å². The quantitative estimate of drug-likeness (QED) is 0.833. The second kappa shape index (κ2) is 9.32. The van der Waals surface area contributed by atoms with Crippen molar-refractivity contribution in [2.45, 2.75) is 13.3 Å². The number of aliphatic hydroxyl groups excluding tert-OH is 2. The second-order valence-electron chi connectivity index (χ2n) is 3.36. The number of hydrogen-bond donors (Lipinski definition) is 2. The predicted molar refractivity (Wildman–Crippen MR) is 71.3 cm³/mol. The normalized spacial score (nSPS) is 8.78. The average Bonchev–Trinajstić information content (AvgIpc) is 2.74. The molecule has 0 saturated carbocycles. The number of benzene rings is 1. The number of aliphatic hydroxyl groups is 2. The summed E-state index contributed by atoms with van der Waals surface area (Å²) < 4.78 is 1.84. The highest BCUT2D eigenvalue weighted by atomic mass is 16.2. The van der Waals surface area contributed by atoms with Gasteiger partial charge in [0.05, 0.1) is 0 Å². The molecule has 100 valence electrons. The van der Waals surface area contributed by atoms with Crippen molar-refractivity contribution in [3.8, 4) is 0 Å². The molecule has 0 aliphatic rings. The highest BCUT2D eigenvalue weighted by molar-refractivity contribution is 5.18. The number of aryl methyl sites for hydroxylation is 2. The van der Waals surface area contributed by atoms with E-state index in [0.717, 1.165) is 32.3 Å². The van der Waals surface area contributed by atoms with Crippen molar-refractivity contribution in [2.24, 2.45) is 7.05 Å². The Balaban J connectivity index is 0.000000659. The van der Waals surface area contributed by atoms with Crippen LogP contribution >= 0.6 is 0 Å². The molecule has 0 atom stereocenters. The Labute approximate surface area is 108 Å². The van der Waals surface area contributed by atoms with E-state index in [1.807, 2.05) is 36.9 Å². The van der Waals surface area contributed by atoms with Gasteiger partial charge in [-0.15, -0.1) is 0 Å². The second-order valence-corrected chi connectivity index (χ2v) is 3.36. The minimum atomic E-state index is 0.832. The maximum Gasteiger partial charge on any atom is 0.147 e. The molecule has 0 spiro atoms. The van der Waals surface area contributed by atoms with Crippen molar-refractivity contribution in [3.63, 3.8) is 0 Å². The van der Waals surface area contributed by atoms with Crippen LogP contribution in [0.3, 0.4) is 0 Å². The fraction of sp³-hybridized carbons (Fsp3) is 0.385. The van der Waals surface area contributed by atoms with Gasteiger partial charge in [-0.3, -0.25) is 4.68 Å². The van der Waals surface area contributed by atoms with E-state index in [4.69, 9.17) is 10.2 Å². The minimum absolute atomic E-state index is 0.832. The van der Waals surface area contributed by atoms with Crippen LogP contribution in [-0.2, 0) is 13.5 Å². The van der Waals surface area contributed by atoms with Crippen molar-refractivity contribution in [3.05, 3.63) is 47.5 Å². The number of aromatic nitrogens is 3. The van der Waals surface area contributed by atoms with E-state index in [0.29, 0.717) is 0 Å². The van der Waals surface area contributed by atoms with Crippen LogP contribution in [0.2, 0.25) is 0 Å². The molecule has 0 unspecified atom stereocenters. The fourth-order valence-corrected chi connectivity index (χ4v) is 1.49. The standard InChI is InChI=1S/C11H13N3.2CH4O/c1-9-12-11(14(2)13-9)8-10-6-4-3-5-7-10;2*1-2/h3-7H,8H2,1-2H3;2*2H,1H3. The zero-order valence-corrected chi connectivity index (χ0v) is 11.3. The summed E-state index contributed by atoms with van der Waals surface area (Å²) in [6.07, 6.45) is 0.845. The van der Waals surface area contributed by atoms with Gasteiger partial charge in [-0.25, -0.2) is 4.98 Å². The van der Waals surface area contributed by atoms with Gasteiger partial charge in [-0.1, -0.05) is 30.3 Å². The largest absolute Gasteiger partial charge is 0.400 e. The Morgan fingerprint density at radius 3 is 2.06 bits per heavy atom. The highest BCUT2D eigenvalue weighted by Crippen LogP contribution is 2.06. The lowest BCUT2D eigenvalue weighted by Gasteiger charge is -1.99. The van der Waals surface area contributed by atoms with Crippen molar-refractivity contribution in [2.75, 3.05) is 14.2 Å². The highest BCUT2D eigenvalue weighted by Gasteiger charge is 2.03. The molecular weight excluding hydrogens is 230 g/mol. The minimum Gasteiger partial charge on any atom is -0.400 e. The molecule has 5 nitrogen and oxygen atoms in total. The van der Waals surface area contributed by atoms with Gasteiger partial charge >= 0.3 is 0 Å².